The molecule has 5 nitrogen and oxygen atoms in total. The van der Waals surface area contributed by atoms with E-state index in [2.05, 4.69) is 21.7 Å². The molecule has 3 rings (SSSR count). The second-order valence-corrected chi connectivity index (χ2v) is 5.21. The fourth-order valence-corrected chi connectivity index (χ4v) is 2.72. The van der Waals surface area contributed by atoms with Gasteiger partial charge in [0.2, 0.25) is 0 Å². The molecular formula is C15H20N4O. The minimum Gasteiger partial charge on any atom is -0.354 e. The largest absolute Gasteiger partial charge is 0.354 e. The molecule has 0 atom stereocenters. The number of aromatic nitrogens is 2. The van der Waals surface area contributed by atoms with Crippen LogP contribution in [0.2, 0.25) is 0 Å². The number of anilines is 1. The summed E-state index contributed by atoms with van der Waals surface area (Å²) >= 11 is 0. The van der Waals surface area contributed by atoms with Gasteiger partial charge in [-0.15, -0.1) is 0 Å². The summed E-state index contributed by atoms with van der Waals surface area (Å²) in [6.45, 7) is 7.33. The summed E-state index contributed by atoms with van der Waals surface area (Å²) in [5, 5.41) is 0. The van der Waals surface area contributed by atoms with Crippen molar-refractivity contribution in [3.63, 3.8) is 0 Å². The maximum absolute atomic E-state index is 12.1. The number of hydrogen-bond acceptors (Lipinski definition) is 4. The van der Waals surface area contributed by atoms with E-state index >= 15 is 0 Å². The van der Waals surface area contributed by atoms with Crippen LogP contribution < -0.4 is 10.5 Å². The number of nitrogens with zero attached hydrogens (tertiary/aromatic N) is 4. The Morgan fingerprint density at radius 2 is 2.00 bits per heavy atom. The average Bonchev–Trinajstić information content (AvgIpc) is 2.48. The van der Waals surface area contributed by atoms with Crippen LogP contribution in [0.4, 0.5) is 5.82 Å². The van der Waals surface area contributed by atoms with Gasteiger partial charge in [-0.05, 0) is 25.1 Å². The molecular weight excluding hydrogens is 252 g/mol. The van der Waals surface area contributed by atoms with E-state index in [-0.39, 0.29) is 5.56 Å². The summed E-state index contributed by atoms with van der Waals surface area (Å²) in [6, 6.07) is 7.27. The predicted octanol–water partition coefficient (Wildman–Crippen LogP) is 1.23. The SMILES string of the molecule is CCCN1CCN(c2cc(=O)n3ccccc3n2)CC1. The first-order valence-corrected chi connectivity index (χ1v) is 7.23. The van der Waals surface area contributed by atoms with Crippen LogP contribution in [-0.2, 0) is 0 Å². The minimum atomic E-state index is -0.0124. The van der Waals surface area contributed by atoms with E-state index in [4.69, 9.17) is 0 Å². The number of piperazine rings is 1. The van der Waals surface area contributed by atoms with E-state index in [1.165, 1.54) is 6.42 Å². The van der Waals surface area contributed by atoms with E-state index in [1.54, 1.807) is 16.7 Å². The van der Waals surface area contributed by atoms with Gasteiger partial charge in [0.15, 0.2) is 0 Å². The zero-order valence-electron chi connectivity index (χ0n) is 11.8. The quantitative estimate of drug-likeness (QED) is 0.842. The molecule has 0 N–H and O–H groups in total. The predicted molar refractivity (Wildman–Crippen MR) is 80.4 cm³/mol. The van der Waals surface area contributed by atoms with E-state index in [0.29, 0.717) is 5.65 Å². The van der Waals surface area contributed by atoms with Gasteiger partial charge in [-0.3, -0.25) is 14.1 Å². The van der Waals surface area contributed by atoms with Crippen molar-refractivity contribution >= 4 is 11.5 Å². The molecule has 1 fully saturated rings. The highest BCUT2D eigenvalue weighted by atomic mass is 16.1. The highest BCUT2D eigenvalue weighted by molar-refractivity contribution is 5.48. The number of pyridine rings is 1. The molecule has 2 aromatic heterocycles. The molecule has 0 radical (unpaired) electrons. The molecule has 0 unspecified atom stereocenters. The second kappa shape index (κ2) is 5.63. The van der Waals surface area contributed by atoms with E-state index < -0.39 is 0 Å². The van der Waals surface area contributed by atoms with Gasteiger partial charge in [-0.2, -0.15) is 0 Å². The molecule has 0 saturated carbocycles. The van der Waals surface area contributed by atoms with Crippen LogP contribution >= 0.6 is 0 Å². The van der Waals surface area contributed by atoms with Gasteiger partial charge in [-0.1, -0.05) is 13.0 Å². The van der Waals surface area contributed by atoms with E-state index in [9.17, 15) is 4.79 Å². The summed E-state index contributed by atoms with van der Waals surface area (Å²) < 4.78 is 1.58. The monoisotopic (exact) mass is 272 g/mol. The third-order valence-electron chi connectivity index (χ3n) is 3.79. The molecule has 0 amide bonds. The summed E-state index contributed by atoms with van der Waals surface area (Å²) in [5.41, 5.74) is 0.701. The van der Waals surface area contributed by atoms with Gasteiger partial charge in [0.25, 0.3) is 5.56 Å². The van der Waals surface area contributed by atoms with E-state index in [1.807, 2.05) is 18.2 Å². The summed E-state index contributed by atoms with van der Waals surface area (Å²) in [4.78, 5) is 21.4. The lowest BCUT2D eigenvalue weighted by Gasteiger charge is -2.35. The number of fused-ring (bicyclic) bond motifs is 1. The molecule has 5 heteroatoms. The maximum Gasteiger partial charge on any atom is 0.259 e. The minimum absolute atomic E-state index is 0.0124. The summed E-state index contributed by atoms with van der Waals surface area (Å²) in [6.07, 6.45) is 2.95. The molecule has 106 valence electrons. The number of hydrogen-bond donors (Lipinski definition) is 0. The molecule has 1 aliphatic heterocycles. The normalized spacial score (nSPS) is 16.8. The van der Waals surface area contributed by atoms with Crippen LogP contribution in [0, 0.1) is 0 Å². The Labute approximate surface area is 118 Å². The zero-order valence-corrected chi connectivity index (χ0v) is 11.8. The Bertz CT molecular complexity index is 644. The maximum atomic E-state index is 12.1. The van der Waals surface area contributed by atoms with Crippen molar-refractivity contribution in [1.29, 1.82) is 0 Å². The van der Waals surface area contributed by atoms with Crippen LogP contribution in [0.1, 0.15) is 13.3 Å². The fraction of sp³-hybridized carbons (Fsp3) is 0.467. The van der Waals surface area contributed by atoms with Gasteiger partial charge in [0.1, 0.15) is 11.5 Å². The van der Waals surface area contributed by atoms with Gasteiger partial charge < -0.3 is 4.90 Å². The van der Waals surface area contributed by atoms with Crippen molar-refractivity contribution < 1.29 is 0 Å². The van der Waals surface area contributed by atoms with Gasteiger partial charge in [-0.25, -0.2) is 4.98 Å². The molecule has 1 saturated heterocycles. The lowest BCUT2D eigenvalue weighted by molar-refractivity contribution is 0.258. The van der Waals surface area contributed by atoms with Crippen molar-refractivity contribution in [3.05, 3.63) is 40.8 Å². The van der Waals surface area contributed by atoms with Crippen molar-refractivity contribution in [2.24, 2.45) is 0 Å². The molecule has 20 heavy (non-hydrogen) atoms. The molecule has 0 aliphatic carbocycles. The number of rotatable bonds is 3. The van der Waals surface area contributed by atoms with Crippen LogP contribution in [0.15, 0.2) is 35.3 Å². The second-order valence-electron chi connectivity index (χ2n) is 5.21. The highest BCUT2D eigenvalue weighted by Crippen LogP contribution is 2.13. The average molecular weight is 272 g/mol. The van der Waals surface area contributed by atoms with Crippen LogP contribution in [0.5, 0.6) is 0 Å². The third kappa shape index (κ3) is 2.54. The highest BCUT2D eigenvalue weighted by Gasteiger charge is 2.18. The Kier molecular flexibility index (Phi) is 3.69. The fourth-order valence-electron chi connectivity index (χ4n) is 2.72. The van der Waals surface area contributed by atoms with Crippen LogP contribution in [-0.4, -0.2) is 47.0 Å². The molecule has 0 aromatic carbocycles. The van der Waals surface area contributed by atoms with Crippen LogP contribution in [0.25, 0.3) is 5.65 Å². The Morgan fingerprint density at radius 3 is 2.75 bits per heavy atom. The molecule has 0 spiro atoms. The summed E-state index contributed by atoms with van der Waals surface area (Å²) in [5.74, 6) is 0.803. The van der Waals surface area contributed by atoms with Gasteiger partial charge in [0, 0.05) is 38.4 Å². The Morgan fingerprint density at radius 1 is 1.20 bits per heavy atom. The van der Waals surface area contributed by atoms with Crippen molar-refractivity contribution in [2.45, 2.75) is 13.3 Å². The van der Waals surface area contributed by atoms with Crippen molar-refractivity contribution in [3.8, 4) is 0 Å². The Hall–Kier alpha value is -1.88. The summed E-state index contributed by atoms with van der Waals surface area (Å²) in [7, 11) is 0. The molecule has 1 aliphatic rings. The topological polar surface area (TPSA) is 40.9 Å². The van der Waals surface area contributed by atoms with Crippen molar-refractivity contribution in [2.75, 3.05) is 37.6 Å². The van der Waals surface area contributed by atoms with Gasteiger partial charge in [0.05, 0.1) is 0 Å². The third-order valence-corrected chi connectivity index (χ3v) is 3.79. The van der Waals surface area contributed by atoms with E-state index in [0.717, 1.165) is 38.5 Å². The van der Waals surface area contributed by atoms with Gasteiger partial charge >= 0.3 is 0 Å². The smallest absolute Gasteiger partial charge is 0.259 e. The molecule has 2 aromatic rings. The van der Waals surface area contributed by atoms with Crippen LogP contribution in [0.3, 0.4) is 0 Å². The molecule has 3 heterocycles. The standard InChI is InChI=1S/C15H20N4O/c1-2-6-17-8-10-18(11-9-17)14-12-15(20)19-7-4-3-5-13(19)16-14/h3-5,7,12H,2,6,8-11H2,1H3. The lowest BCUT2D eigenvalue weighted by Crippen LogP contribution is -2.47. The first-order valence-electron chi connectivity index (χ1n) is 7.23. The first kappa shape index (κ1) is 13.1. The lowest BCUT2D eigenvalue weighted by atomic mass is 10.3. The Balaban J connectivity index is 1.83. The van der Waals surface area contributed by atoms with Crippen molar-refractivity contribution in [1.82, 2.24) is 14.3 Å². The zero-order chi connectivity index (χ0) is 13.9. The first-order chi connectivity index (χ1) is 9.78. The molecule has 0 bridgehead atoms.